The molecule has 0 N–H and O–H groups in total. The van der Waals surface area contributed by atoms with Crippen LogP contribution in [0.2, 0.25) is 0 Å². The van der Waals surface area contributed by atoms with Gasteiger partial charge in [0.05, 0.1) is 11.8 Å². The molecule has 0 aliphatic carbocycles. The number of hydrogen-bond donors (Lipinski definition) is 0. The third kappa shape index (κ3) is 4.15. The summed E-state index contributed by atoms with van der Waals surface area (Å²) in [6.45, 7) is 1.97. The van der Waals surface area contributed by atoms with Crippen LogP contribution in [-0.2, 0) is 9.84 Å². The van der Waals surface area contributed by atoms with Gasteiger partial charge in [-0.25, -0.2) is 8.42 Å². The van der Waals surface area contributed by atoms with Crippen molar-refractivity contribution < 1.29 is 13.2 Å². The van der Waals surface area contributed by atoms with Gasteiger partial charge in [0.2, 0.25) is 0 Å². The minimum Gasteiger partial charge on any atom is -0.300 e. The number of benzene rings is 3. The Bertz CT molecular complexity index is 1150. The fourth-order valence-electron chi connectivity index (χ4n) is 3.46. The van der Waals surface area contributed by atoms with Crippen LogP contribution in [0.25, 0.3) is 11.1 Å². The van der Waals surface area contributed by atoms with E-state index in [1.165, 1.54) is 5.41 Å². The molecule has 0 spiro atoms. The van der Waals surface area contributed by atoms with Crippen molar-refractivity contribution in [3.8, 4) is 11.1 Å². The summed E-state index contributed by atoms with van der Waals surface area (Å²) in [4.78, 5) is 14.9. The summed E-state index contributed by atoms with van der Waals surface area (Å²) >= 11 is 0. The van der Waals surface area contributed by atoms with Gasteiger partial charge in [-0.2, -0.15) is 0 Å². The molecule has 1 amide bonds. The molecule has 0 radical (unpaired) electrons. The smallest absolute Gasteiger partial charge is 0.258 e. The second-order valence-corrected chi connectivity index (χ2v) is 9.11. The molecule has 5 heteroatoms. The predicted molar refractivity (Wildman–Crippen MR) is 117 cm³/mol. The van der Waals surface area contributed by atoms with Crippen molar-refractivity contribution in [1.29, 1.82) is 0 Å². The molecule has 0 fully saturated rings. The SMILES string of the molecule is Cc1ccc(N(C(=O)c2ccc(-c3ccccc3)cc2)C2C=CS(=O)(=O)C2)cc1. The quantitative estimate of drug-likeness (QED) is 0.639. The molecule has 0 saturated carbocycles. The van der Waals surface area contributed by atoms with Gasteiger partial charge in [0, 0.05) is 16.7 Å². The Kier molecular flexibility index (Phi) is 5.07. The third-order valence-corrected chi connectivity index (χ3v) is 6.39. The van der Waals surface area contributed by atoms with Gasteiger partial charge in [-0.3, -0.25) is 4.79 Å². The van der Waals surface area contributed by atoms with Gasteiger partial charge in [-0.05, 0) is 48.4 Å². The van der Waals surface area contributed by atoms with Crippen molar-refractivity contribution in [2.24, 2.45) is 0 Å². The number of amides is 1. The van der Waals surface area contributed by atoms with Gasteiger partial charge in [0.1, 0.15) is 0 Å². The molecular formula is C24H21NO3S. The highest BCUT2D eigenvalue weighted by molar-refractivity contribution is 7.94. The molecule has 4 nitrogen and oxygen atoms in total. The van der Waals surface area contributed by atoms with E-state index in [0.717, 1.165) is 16.7 Å². The van der Waals surface area contributed by atoms with Crippen molar-refractivity contribution in [2.45, 2.75) is 13.0 Å². The fraction of sp³-hybridized carbons (Fsp3) is 0.125. The van der Waals surface area contributed by atoms with Gasteiger partial charge < -0.3 is 4.90 Å². The first-order chi connectivity index (χ1) is 13.9. The number of sulfone groups is 1. The maximum absolute atomic E-state index is 13.4. The number of hydrogen-bond acceptors (Lipinski definition) is 3. The first kappa shape index (κ1) is 19.2. The second kappa shape index (κ2) is 7.68. The number of nitrogens with zero attached hydrogens (tertiary/aromatic N) is 1. The van der Waals surface area contributed by atoms with Gasteiger partial charge in [-0.15, -0.1) is 0 Å². The highest BCUT2D eigenvalue weighted by Crippen LogP contribution is 2.26. The lowest BCUT2D eigenvalue weighted by atomic mass is 10.0. The van der Waals surface area contributed by atoms with Crippen LogP contribution in [-0.4, -0.2) is 26.1 Å². The molecule has 1 atom stereocenters. The number of anilines is 1. The minimum absolute atomic E-state index is 0.102. The summed E-state index contributed by atoms with van der Waals surface area (Å²) in [7, 11) is -3.29. The molecular weight excluding hydrogens is 382 g/mol. The zero-order valence-corrected chi connectivity index (χ0v) is 16.8. The normalized spacial score (nSPS) is 17.2. The predicted octanol–water partition coefficient (Wildman–Crippen LogP) is 4.62. The first-order valence-corrected chi connectivity index (χ1v) is 11.1. The third-order valence-electron chi connectivity index (χ3n) is 5.01. The van der Waals surface area contributed by atoms with E-state index in [0.29, 0.717) is 11.3 Å². The van der Waals surface area contributed by atoms with Crippen LogP contribution in [0.1, 0.15) is 15.9 Å². The van der Waals surface area contributed by atoms with Gasteiger partial charge >= 0.3 is 0 Å². The molecule has 1 heterocycles. The van der Waals surface area contributed by atoms with Crippen LogP contribution in [0, 0.1) is 6.92 Å². The lowest BCUT2D eigenvalue weighted by Gasteiger charge is -2.28. The van der Waals surface area contributed by atoms with E-state index in [1.807, 2.05) is 73.7 Å². The summed E-state index contributed by atoms with van der Waals surface area (Å²) in [6.07, 6.45) is 1.59. The monoisotopic (exact) mass is 403 g/mol. The first-order valence-electron chi connectivity index (χ1n) is 9.40. The highest BCUT2D eigenvalue weighted by Gasteiger charge is 2.32. The average Bonchev–Trinajstić information content (AvgIpc) is 3.09. The summed E-state index contributed by atoms with van der Waals surface area (Å²) in [6, 6.07) is 24.4. The fourth-order valence-corrected chi connectivity index (χ4v) is 4.73. The maximum Gasteiger partial charge on any atom is 0.258 e. The summed E-state index contributed by atoms with van der Waals surface area (Å²) in [5.74, 6) is -0.324. The summed E-state index contributed by atoms with van der Waals surface area (Å²) in [5.41, 5.74) is 4.37. The van der Waals surface area contributed by atoms with Crippen LogP contribution < -0.4 is 4.90 Å². The van der Waals surface area contributed by atoms with Crippen LogP contribution in [0.4, 0.5) is 5.69 Å². The lowest BCUT2D eigenvalue weighted by molar-refractivity contribution is 0.0983. The van der Waals surface area contributed by atoms with Gasteiger partial charge in [-0.1, -0.05) is 60.2 Å². The molecule has 1 aliphatic rings. The van der Waals surface area contributed by atoms with E-state index in [9.17, 15) is 13.2 Å². The Morgan fingerprint density at radius 3 is 2.07 bits per heavy atom. The largest absolute Gasteiger partial charge is 0.300 e. The molecule has 4 rings (SSSR count). The Balaban J connectivity index is 1.68. The molecule has 1 unspecified atom stereocenters. The van der Waals surface area contributed by atoms with E-state index in [4.69, 9.17) is 0 Å². The van der Waals surface area contributed by atoms with E-state index < -0.39 is 15.9 Å². The van der Waals surface area contributed by atoms with E-state index in [2.05, 4.69) is 0 Å². The molecule has 0 bridgehead atoms. The summed E-state index contributed by atoms with van der Waals surface area (Å²) < 4.78 is 23.9. The van der Waals surface area contributed by atoms with Crippen molar-refractivity contribution in [2.75, 3.05) is 10.7 Å². The van der Waals surface area contributed by atoms with Gasteiger partial charge in [0.25, 0.3) is 5.91 Å². The minimum atomic E-state index is -3.29. The van der Waals surface area contributed by atoms with Crippen LogP contribution in [0.5, 0.6) is 0 Å². The Morgan fingerprint density at radius 2 is 1.48 bits per heavy atom. The van der Waals surface area contributed by atoms with E-state index in [1.54, 1.807) is 23.1 Å². The topological polar surface area (TPSA) is 54.5 Å². The standard InChI is InChI=1S/C24H21NO3S/c1-18-7-13-22(14-8-18)25(23-15-16-29(27,28)17-23)24(26)21-11-9-20(10-12-21)19-5-3-2-4-6-19/h2-16,23H,17H2,1H3. The Morgan fingerprint density at radius 1 is 0.862 bits per heavy atom. The Hall–Kier alpha value is -3.18. The molecule has 146 valence electrons. The van der Waals surface area contributed by atoms with Gasteiger partial charge in [0.15, 0.2) is 9.84 Å². The molecule has 0 saturated heterocycles. The number of carbonyl (C=O) groups is 1. The maximum atomic E-state index is 13.4. The zero-order chi connectivity index (χ0) is 20.4. The van der Waals surface area contributed by atoms with Crippen LogP contribution in [0.3, 0.4) is 0 Å². The lowest BCUT2D eigenvalue weighted by Crippen LogP contribution is -2.41. The second-order valence-electron chi connectivity index (χ2n) is 7.18. The highest BCUT2D eigenvalue weighted by atomic mass is 32.2. The van der Waals surface area contributed by atoms with E-state index >= 15 is 0 Å². The molecule has 3 aromatic carbocycles. The van der Waals surface area contributed by atoms with Crippen molar-refractivity contribution in [3.63, 3.8) is 0 Å². The number of carbonyl (C=O) groups excluding carboxylic acids is 1. The van der Waals surface area contributed by atoms with Crippen LogP contribution >= 0.6 is 0 Å². The molecule has 3 aromatic rings. The van der Waals surface area contributed by atoms with E-state index in [-0.39, 0.29) is 11.7 Å². The van der Waals surface area contributed by atoms with Crippen molar-refractivity contribution in [3.05, 3.63) is 101 Å². The number of rotatable bonds is 4. The number of aryl methyl sites for hydroxylation is 1. The van der Waals surface area contributed by atoms with Crippen molar-refractivity contribution >= 4 is 21.4 Å². The molecule has 29 heavy (non-hydrogen) atoms. The van der Waals surface area contributed by atoms with Crippen molar-refractivity contribution in [1.82, 2.24) is 0 Å². The summed E-state index contributed by atoms with van der Waals surface area (Å²) in [5, 5.41) is 1.20. The zero-order valence-electron chi connectivity index (χ0n) is 16.0. The Labute approximate surface area is 171 Å². The van der Waals surface area contributed by atoms with Crippen LogP contribution in [0.15, 0.2) is 90.3 Å². The molecule has 0 aromatic heterocycles. The molecule has 1 aliphatic heterocycles. The average molecular weight is 404 g/mol.